The third-order valence-electron chi connectivity index (χ3n) is 2.38. The Hall–Kier alpha value is -0.500. The molecule has 1 atom stereocenters. The van der Waals surface area contributed by atoms with Crippen LogP contribution in [0.4, 0.5) is 0 Å². The first-order valence-corrected chi connectivity index (χ1v) is 4.85. The second kappa shape index (κ2) is 5.20. The molecule has 0 radical (unpaired) electrons. The highest BCUT2D eigenvalue weighted by molar-refractivity contribution is 4.72. The van der Waals surface area contributed by atoms with Gasteiger partial charge in [-0.15, -0.1) is 0 Å². The molecule has 0 aromatic carbocycles. The van der Waals surface area contributed by atoms with Gasteiger partial charge in [-0.25, -0.2) is 0 Å². The molecular weight excluding hydrogens is 150 g/mol. The van der Waals surface area contributed by atoms with Gasteiger partial charge >= 0.3 is 0 Å². The van der Waals surface area contributed by atoms with Crippen LogP contribution < -0.4 is 5.32 Å². The lowest BCUT2D eigenvalue weighted by Gasteiger charge is -2.25. The second-order valence-corrected chi connectivity index (χ2v) is 3.45. The van der Waals surface area contributed by atoms with E-state index in [0.29, 0.717) is 6.04 Å². The zero-order chi connectivity index (χ0) is 8.81. The van der Waals surface area contributed by atoms with E-state index in [1.807, 2.05) is 6.92 Å². The van der Waals surface area contributed by atoms with E-state index in [1.54, 1.807) is 0 Å². The monoisotopic (exact) mass is 169 g/mol. The van der Waals surface area contributed by atoms with Crippen molar-refractivity contribution in [3.05, 3.63) is 12.8 Å². The molecule has 70 valence electrons. The molecule has 0 spiro atoms. The summed E-state index contributed by atoms with van der Waals surface area (Å²) in [5.41, 5.74) is 0. The molecule has 12 heavy (non-hydrogen) atoms. The van der Waals surface area contributed by atoms with Crippen molar-refractivity contribution in [2.24, 2.45) is 0 Å². The van der Waals surface area contributed by atoms with Crippen molar-refractivity contribution in [3.63, 3.8) is 0 Å². The third-order valence-corrected chi connectivity index (χ3v) is 2.38. The minimum Gasteiger partial charge on any atom is -0.484 e. The minimum absolute atomic E-state index is 0.116. The van der Waals surface area contributed by atoms with Gasteiger partial charge in [-0.05, 0) is 19.8 Å². The Kier molecular flexibility index (Phi) is 4.15. The molecule has 1 N–H and O–H groups in total. The summed E-state index contributed by atoms with van der Waals surface area (Å²) in [6.45, 7) is 5.56. The maximum Gasteiger partial charge on any atom is 0.146 e. The molecule has 0 aromatic heterocycles. The number of hydrogen-bond acceptors (Lipinski definition) is 2. The number of nitrogens with one attached hydrogen (secondary N) is 1. The van der Waals surface area contributed by atoms with Gasteiger partial charge in [-0.2, -0.15) is 0 Å². The van der Waals surface area contributed by atoms with E-state index in [-0.39, 0.29) is 6.23 Å². The molecule has 1 unspecified atom stereocenters. The number of rotatable bonds is 4. The molecule has 1 aliphatic carbocycles. The lowest BCUT2D eigenvalue weighted by Crippen LogP contribution is -2.38. The normalized spacial score (nSPS) is 21.8. The molecular formula is C10H19NO. The summed E-state index contributed by atoms with van der Waals surface area (Å²) in [7, 11) is 0. The van der Waals surface area contributed by atoms with Gasteiger partial charge in [0.15, 0.2) is 0 Å². The maximum atomic E-state index is 5.20. The van der Waals surface area contributed by atoms with Gasteiger partial charge in [-0.1, -0.05) is 25.8 Å². The van der Waals surface area contributed by atoms with Crippen LogP contribution in [0.25, 0.3) is 0 Å². The highest BCUT2D eigenvalue weighted by Crippen LogP contribution is 2.17. The van der Waals surface area contributed by atoms with Crippen molar-refractivity contribution < 1.29 is 4.74 Å². The van der Waals surface area contributed by atoms with Crippen molar-refractivity contribution in [1.29, 1.82) is 0 Å². The van der Waals surface area contributed by atoms with Crippen LogP contribution in [0, 0.1) is 0 Å². The van der Waals surface area contributed by atoms with Gasteiger partial charge in [0.2, 0.25) is 0 Å². The summed E-state index contributed by atoms with van der Waals surface area (Å²) in [6, 6.07) is 0.661. The summed E-state index contributed by atoms with van der Waals surface area (Å²) in [5, 5.41) is 3.43. The lowest BCUT2D eigenvalue weighted by atomic mass is 9.95. The predicted molar refractivity (Wildman–Crippen MR) is 50.8 cm³/mol. The van der Waals surface area contributed by atoms with Crippen molar-refractivity contribution in [1.82, 2.24) is 5.32 Å². The standard InChI is InChI=1S/C10H19NO/c1-3-12-9(2)11-10-7-5-4-6-8-10/h3,9-11H,1,4-8H2,2H3. The fourth-order valence-corrected chi connectivity index (χ4v) is 1.78. The van der Waals surface area contributed by atoms with Gasteiger partial charge < -0.3 is 4.74 Å². The van der Waals surface area contributed by atoms with Crippen LogP contribution >= 0.6 is 0 Å². The molecule has 0 saturated heterocycles. The van der Waals surface area contributed by atoms with Gasteiger partial charge in [0.25, 0.3) is 0 Å². The Morgan fingerprint density at radius 1 is 1.42 bits per heavy atom. The Morgan fingerprint density at radius 3 is 2.67 bits per heavy atom. The van der Waals surface area contributed by atoms with Gasteiger partial charge in [0.1, 0.15) is 6.23 Å². The highest BCUT2D eigenvalue weighted by Gasteiger charge is 2.14. The summed E-state index contributed by atoms with van der Waals surface area (Å²) in [5.74, 6) is 0. The second-order valence-electron chi connectivity index (χ2n) is 3.45. The smallest absolute Gasteiger partial charge is 0.146 e. The van der Waals surface area contributed by atoms with E-state index in [0.717, 1.165) is 0 Å². The summed E-state index contributed by atoms with van der Waals surface area (Å²) >= 11 is 0. The van der Waals surface area contributed by atoms with E-state index in [1.165, 1.54) is 38.4 Å². The van der Waals surface area contributed by atoms with E-state index in [2.05, 4.69) is 11.9 Å². The molecule has 2 nitrogen and oxygen atoms in total. The summed E-state index contributed by atoms with van der Waals surface area (Å²) in [6.07, 6.45) is 8.33. The Balaban J connectivity index is 2.15. The molecule has 0 heterocycles. The predicted octanol–water partition coefficient (Wildman–Crippen LogP) is 2.41. The van der Waals surface area contributed by atoms with Gasteiger partial charge in [-0.3, -0.25) is 5.32 Å². The Bertz CT molecular complexity index is 130. The van der Waals surface area contributed by atoms with Crippen LogP contribution in [-0.4, -0.2) is 12.3 Å². The lowest BCUT2D eigenvalue weighted by molar-refractivity contribution is 0.108. The van der Waals surface area contributed by atoms with Crippen LogP contribution in [0.15, 0.2) is 12.8 Å². The molecule has 0 bridgehead atoms. The molecule has 1 rings (SSSR count). The third kappa shape index (κ3) is 3.26. The van der Waals surface area contributed by atoms with E-state index in [9.17, 15) is 0 Å². The average molecular weight is 169 g/mol. The molecule has 0 amide bonds. The minimum atomic E-state index is 0.116. The van der Waals surface area contributed by atoms with Gasteiger partial charge in [0, 0.05) is 6.04 Å². The topological polar surface area (TPSA) is 21.3 Å². The average Bonchev–Trinajstić information content (AvgIpc) is 2.06. The van der Waals surface area contributed by atoms with Crippen molar-refractivity contribution >= 4 is 0 Å². The van der Waals surface area contributed by atoms with E-state index >= 15 is 0 Å². The SMILES string of the molecule is C=COC(C)NC1CCCCC1. The molecule has 1 saturated carbocycles. The highest BCUT2D eigenvalue weighted by atomic mass is 16.5. The zero-order valence-electron chi connectivity index (χ0n) is 7.88. The molecule has 1 fully saturated rings. The fraction of sp³-hybridized carbons (Fsp3) is 0.800. The molecule has 0 aromatic rings. The first kappa shape index (κ1) is 9.59. The van der Waals surface area contributed by atoms with Crippen molar-refractivity contribution in [3.8, 4) is 0 Å². The molecule has 0 aliphatic heterocycles. The van der Waals surface area contributed by atoms with Gasteiger partial charge in [0.05, 0.1) is 6.26 Å². The van der Waals surface area contributed by atoms with E-state index in [4.69, 9.17) is 4.74 Å². The van der Waals surface area contributed by atoms with Crippen molar-refractivity contribution in [2.45, 2.75) is 51.3 Å². The van der Waals surface area contributed by atoms with Crippen LogP contribution in [0.2, 0.25) is 0 Å². The number of ether oxygens (including phenoxy) is 1. The summed E-state index contributed by atoms with van der Waals surface area (Å²) in [4.78, 5) is 0. The van der Waals surface area contributed by atoms with Crippen LogP contribution in [0.1, 0.15) is 39.0 Å². The molecule has 2 heteroatoms. The fourth-order valence-electron chi connectivity index (χ4n) is 1.78. The number of hydrogen-bond donors (Lipinski definition) is 1. The zero-order valence-corrected chi connectivity index (χ0v) is 7.88. The van der Waals surface area contributed by atoms with Crippen LogP contribution in [0.3, 0.4) is 0 Å². The Morgan fingerprint density at radius 2 is 2.08 bits per heavy atom. The quantitative estimate of drug-likeness (QED) is 0.515. The largest absolute Gasteiger partial charge is 0.484 e. The maximum absolute atomic E-state index is 5.20. The summed E-state index contributed by atoms with van der Waals surface area (Å²) < 4.78 is 5.20. The Labute approximate surface area is 75.0 Å². The van der Waals surface area contributed by atoms with Crippen LogP contribution in [-0.2, 0) is 4.74 Å². The molecule has 1 aliphatic rings. The first-order valence-electron chi connectivity index (χ1n) is 4.85. The van der Waals surface area contributed by atoms with Crippen LogP contribution in [0.5, 0.6) is 0 Å². The van der Waals surface area contributed by atoms with E-state index < -0.39 is 0 Å². The van der Waals surface area contributed by atoms with Crippen molar-refractivity contribution in [2.75, 3.05) is 0 Å². The first-order chi connectivity index (χ1) is 5.83.